The fourth-order valence-corrected chi connectivity index (χ4v) is 6.53. The van der Waals surface area contributed by atoms with Gasteiger partial charge in [-0.2, -0.15) is 0 Å². The fourth-order valence-electron chi connectivity index (χ4n) is 6.53. The van der Waals surface area contributed by atoms with Gasteiger partial charge in [-0.15, -0.1) is 0 Å². The molecular formula is C38H48N2O7. The lowest BCUT2D eigenvalue weighted by atomic mass is 9.98. The third-order valence-corrected chi connectivity index (χ3v) is 9.24. The van der Waals surface area contributed by atoms with Crippen molar-refractivity contribution in [3.05, 3.63) is 95.1 Å². The lowest BCUT2D eigenvalue weighted by Crippen LogP contribution is -2.42. The predicted molar refractivity (Wildman–Crippen MR) is 179 cm³/mol. The lowest BCUT2D eigenvalue weighted by molar-refractivity contribution is -0.253. The Morgan fingerprint density at radius 3 is 2.30 bits per heavy atom. The Morgan fingerprint density at radius 1 is 0.830 bits per heavy atom. The third-order valence-electron chi connectivity index (χ3n) is 9.24. The molecule has 3 aromatic rings. The van der Waals surface area contributed by atoms with Gasteiger partial charge in [-0.1, -0.05) is 79.6 Å². The molecular weight excluding hydrogens is 596 g/mol. The van der Waals surface area contributed by atoms with Crippen molar-refractivity contribution in [2.75, 3.05) is 19.7 Å². The van der Waals surface area contributed by atoms with E-state index in [0.29, 0.717) is 25.8 Å². The van der Waals surface area contributed by atoms with Crippen LogP contribution in [0.25, 0.3) is 11.1 Å². The van der Waals surface area contributed by atoms with Crippen LogP contribution in [0.15, 0.2) is 72.8 Å². The largest absolute Gasteiger partial charge is 0.481 e. The topological polar surface area (TPSA) is 129 Å². The zero-order valence-electron chi connectivity index (χ0n) is 27.1. The number of benzene rings is 3. The molecule has 2 fully saturated rings. The summed E-state index contributed by atoms with van der Waals surface area (Å²) in [6.07, 6.45) is 5.72. The van der Waals surface area contributed by atoms with Gasteiger partial charge < -0.3 is 30.1 Å². The monoisotopic (exact) mass is 644 g/mol. The number of carbonyl (C=O) groups is 2. The highest BCUT2D eigenvalue weighted by atomic mass is 16.7. The van der Waals surface area contributed by atoms with Crippen molar-refractivity contribution in [3.8, 4) is 11.1 Å². The van der Waals surface area contributed by atoms with Crippen LogP contribution in [0.3, 0.4) is 0 Å². The Bertz CT molecular complexity index is 1430. The number of aliphatic hydroxyl groups is 2. The van der Waals surface area contributed by atoms with Crippen LogP contribution >= 0.6 is 0 Å². The maximum Gasteiger partial charge on any atom is 0.303 e. The van der Waals surface area contributed by atoms with Gasteiger partial charge in [0.15, 0.2) is 6.29 Å². The van der Waals surface area contributed by atoms with E-state index in [-0.39, 0.29) is 43.8 Å². The summed E-state index contributed by atoms with van der Waals surface area (Å²) in [7, 11) is 0. The summed E-state index contributed by atoms with van der Waals surface area (Å²) in [5, 5.41) is 31.1. The van der Waals surface area contributed by atoms with E-state index in [1.165, 1.54) is 0 Å². The van der Waals surface area contributed by atoms with Crippen LogP contribution in [0.4, 0.5) is 0 Å². The Hall–Kier alpha value is -3.60. The number of amides is 1. The maximum atomic E-state index is 12.3. The summed E-state index contributed by atoms with van der Waals surface area (Å²) in [6.45, 7) is 2.31. The van der Waals surface area contributed by atoms with Gasteiger partial charge in [0.1, 0.15) is 0 Å². The number of aliphatic carboxylic acids is 1. The number of unbranched alkanes of at least 4 members (excludes halogenated alkanes) is 3. The normalized spacial score (nSPS) is 21.5. The van der Waals surface area contributed by atoms with Gasteiger partial charge in [0.2, 0.25) is 5.91 Å². The molecule has 2 aliphatic rings. The van der Waals surface area contributed by atoms with Crippen molar-refractivity contribution < 1.29 is 34.4 Å². The van der Waals surface area contributed by atoms with E-state index in [2.05, 4.69) is 34.5 Å². The van der Waals surface area contributed by atoms with Crippen molar-refractivity contribution in [1.29, 1.82) is 0 Å². The molecule has 0 saturated carbocycles. The van der Waals surface area contributed by atoms with Crippen LogP contribution in [0.2, 0.25) is 0 Å². The van der Waals surface area contributed by atoms with E-state index >= 15 is 0 Å². The number of nitrogens with zero attached hydrogens (tertiary/aromatic N) is 1. The molecule has 4 atom stereocenters. The predicted octanol–water partition coefficient (Wildman–Crippen LogP) is 5.89. The van der Waals surface area contributed by atoms with Crippen LogP contribution in [0, 0.1) is 0 Å². The molecule has 9 heteroatoms. The number of rotatable bonds is 16. The molecule has 0 bridgehead atoms. The summed E-state index contributed by atoms with van der Waals surface area (Å²) in [5.41, 5.74) is 5.96. The number of hydrogen-bond donors (Lipinski definition) is 4. The van der Waals surface area contributed by atoms with Crippen molar-refractivity contribution in [2.45, 2.75) is 95.5 Å². The van der Waals surface area contributed by atoms with Gasteiger partial charge in [0.05, 0.1) is 25.4 Å². The minimum Gasteiger partial charge on any atom is -0.481 e. The summed E-state index contributed by atoms with van der Waals surface area (Å²) in [5.74, 6) is -0.772. The van der Waals surface area contributed by atoms with Crippen LogP contribution in [-0.4, -0.2) is 63.9 Å². The summed E-state index contributed by atoms with van der Waals surface area (Å²) in [6, 6.07) is 24.5. The second-order valence-electron chi connectivity index (χ2n) is 12.7. The molecule has 3 aromatic carbocycles. The first-order valence-corrected chi connectivity index (χ1v) is 16.9. The van der Waals surface area contributed by atoms with Crippen LogP contribution < -0.4 is 5.32 Å². The third kappa shape index (κ3) is 10.2. The number of nitrogens with one attached hydrogen (secondary N) is 1. The molecule has 2 heterocycles. The summed E-state index contributed by atoms with van der Waals surface area (Å²) < 4.78 is 13.1. The zero-order valence-corrected chi connectivity index (χ0v) is 27.1. The molecule has 47 heavy (non-hydrogen) atoms. The molecule has 5 rings (SSSR count). The van der Waals surface area contributed by atoms with E-state index in [9.17, 15) is 19.8 Å². The molecule has 2 aliphatic heterocycles. The van der Waals surface area contributed by atoms with Gasteiger partial charge in [0, 0.05) is 44.0 Å². The minimum absolute atomic E-state index is 0.000383. The average Bonchev–Trinajstić information content (AvgIpc) is 3.55. The number of ether oxygens (including phenoxy) is 2. The molecule has 0 aliphatic carbocycles. The van der Waals surface area contributed by atoms with Crippen molar-refractivity contribution >= 4 is 11.9 Å². The van der Waals surface area contributed by atoms with E-state index < -0.39 is 12.3 Å². The van der Waals surface area contributed by atoms with Gasteiger partial charge in [-0.25, -0.2) is 0 Å². The second kappa shape index (κ2) is 17.5. The van der Waals surface area contributed by atoms with E-state index in [1.807, 2.05) is 48.5 Å². The number of carbonyl (C=O) groups excluding carboxylic acids is 1. The lowest BCUT2D eigenvalue weighted by Gasteiger charge is -2.38. The first kappa shape index (κ1) is 34.7. The highest BCUT2D eigenvalue weighted by molar-refractivity contribution is 5.76. The standard InChI is InChI=1S/C38H48N2O7/c41-25-27-12-14-30(15-13-27)35-22-34(24-40-20-6-9-33(40)26-42)46-38(47-35)31-18-16-29(17-19-31)32-8-5-7-28(21-32)23-39-36(43)10-3-1-2-4-11-37(44)45/h5,7-8,12-19,21,33-35,38,41-42H,1-4,6,9-11,20,22-26H2,(H,39,43)(H,44,45)/t33-,34+,35-,38-/m0/s1. The van der Waals surface area contributed by atoms with E-state index in [1.54, 1.807) is 0 Å². The van der Waals surface area contributed by atoms with Gasteiger partial charge in [-0.05, 0) is 66.1 Å². The molecule has 0 unspecified atom stereocenters. The molecule has 252 valence electrons. The molecule has 4 N–H and O–H groups in total. The SMILES string of the molecule is O=C(O)CCCCCCC(=O)NCc1cccc(-c2ccc([C@H]3O[C@@H](CN4CCC[C@H]4CO)C[C@@H](c4ccc(CO)cc4)O3)cc2)c1. The quantitative estimate of drug-likeness (QED) is 0.142. The average molecular weight is 645 g/mol. The van der Waals surface area contributed by atoms with E-state index in [4.69, 9.17) is 14.6 Å². The molecule has 0 radical (unpaired) electrons. The van der Waals surface area contributed by atoms with Crippen LogP contribution in [0.5, 0.6) is 0 Å². The van der Waals surface area contributed by atoms with Crippen LogP contribution in [0.1, 0.15) is 92.4 Å². The van der Waals surface area contributed by atoms with Crippen molar-refractivity contribution in [1.82, 2.24) is 10.2 Å². The highest BCUT2D eigenvalue weighted by Gasteiger charge is 2.35. The Balaban J connectivity index is 1.20. The van der Waals surface area contributed by atoms with E-state index in [0.717, 1.165) is 78.6 Å². The summed E-state index contributed by atoms with van der Waals surface area (Å²) in [4.78, 5) is 25.3. The first-order valence-electron chi connectivity index (χ1n) is 16.9. The van der Waals surface area contributed by atoms with Crippen molar-refractivity contribution in [2.24, 2.45) is 0 Å². The van der Waals surface area contributed by atoms with Gasteiger partial charge in [-0.3, -0.25) is 14.5 Å². The van der Waals surface area contributed by atoms with Gasteiger partial charge >= 0.3 is 5.97 Å². The first-order chi connectivity index (χ1) is 22.9. The number of carboxylic acids is 1. The van der Waals surface area contributed by atoms with Crippen LogP contribution in [-0.2, 0) is 32.2 Å². The molecule has 0 aromatic heterocycles. The number of likely N-dealkylation sites (tertiary alicyclic amines) is 1. The second-order valence-corrected chi connectivity index (χ2v) is 12.7. The number of hydrogen-bond acceptors (Lipinski definition) is 7. The summed E-state index contributed by atoms with van der Waals surface area (Å²) >= 11 is 0. The molecule has 2 saturated heterocycles. The Labute approximate surface area is 277 Å². The highest BCUT2D eigenvalue weighted by Crippen LogP contribution is 2.39. The van der Waals surface area contributed by atoms with Gasteiger partial charge in [0.25, 0.3) is 0 Å². The Kier molecular flexibility index (Phi) is 12.9. The number of aliphatic hydroxyl groups excluding tert-OH is 2. The smallest absolute Gasteiger partial charge is 0.303 e. The maximum absolute atomic E-state index is 12.3. The molecule has 9 nitrogen and oxygen atoms in total. The molecule has 1 amide bonds. The fraction of sp³-hybridized carbons (Fsp3) is 0.474. The van der Waals surface area contributed by atoms with Crippen molar-refractivity contribution in [3.63, 3.8) is 0 Å². The Morgan fingerprint density at radius 2 is 1.57 bits per heavy atom. The molecule has 0 spiro atoms. The zero-order chi connectivity index (χ0) is 33.0. The minimum atomic E-state index is -0.774. The number of carboxylic acid groups (broad SMARTS) is 1.